The number of aryl methyl sites for hydroxylation is 2. The van der Waals surface area contributed by atoms with E-state index in [0.717, 1.165) is 35.4 Å². The molecule has 0 amide bonds. The van der Waals surface area contributed by atoms with Crippen molar-refractivity contribution < 1.29 is 49.0 Å². The van der Waals surface area contributed by atoms with Crippen molar-refractivity contribution in [1.82, 2.24) is 0 Å². The van der Waals surface area contributed by atoms with E-state index in [1.165, 1.54) is 60.7 Å². The van der Waals surface area contributed by atoms with Crippen LogP contribution in [0.2, 0.25) is 0 Å². The Labute approximate surface area is 307 Å². The first-order valence-electron chi connectivity index (χ1n) is 16.3. The zero-order chi connectivity index (χ0) is 38.9. The number of hydrogen-bond donors (Lipinski definition) is 0. The van der Waals surface area contributed by atoms with Crippen molar-refractivity contribution >= 4 is 15.6 Å². The van der Waals surface area contributed by atoms with Crippen molar-refractivity contribution in [3.63, 3.8) is 0 Å². The lowest BCUT2D eigenvalue weighted by molar-refractivity contribution is -0.288. The Morgan fingerprint density at radius 2 is 0.722 bits per heavy atom. The largest absolute Gasteiger partial charge is 0.457 e. The van der Waals surface area contributed by atoms with Crippen LogP contribution in [0.4, 0.5) is 26.3 Å². The molecule has 6 aromatic carbocycles. The van der Waals surface area contributed by atoms with Gasteiger partial charge in [-0.3, -0.25) is 4.79 Å². The van der Waals surface area contributed by atoms with E-state index in [4.69, 9.17) is 9.47 Å². The average Bonchev–Trinajstić information content (AvgIpc) is 3.13. The minimum absolute atomic E-state index is 0.0314. The maximum absolute atomic E-state index is 14.8. The van der Waals surface area contributed by atoms with Crippen LogP contribution in [0.5, 0.6) is 23.0 Å². The Balaban J connectivity index is 1.21. The fourth-order valence-electron chi connectivity index (χ4n) is 5.89. The predicted molar refractivity (Wildman–Crippen MR) is 190 cm³/mol. The number of ketones is 1. The summed E-state index contributed by atoms with van der Waals surface area (Å²) in [5, 5.41) is 0. The van der Waals surface area contributed by atoms with Crippen molar-refractivity contribution in [2.24, 2.45) is 0 Å². The molecule has 6 aromatic rings. The number of sulfone groups is 1. The summed E-state index contributed by atoms with van der Waals surface area (Å²) in [6.45, 7) is 3.71. The van der Waals surface area contributed by atoms with E-state index in [-0.39, 0.29) is 38.6 Å². The highest BCUT2D eigenvalue weighted by molar-refractivity contribution is 7.91. The Morgan fingerprint density at radius 3 is 1.07 bits per heavy atom. The van der Waals surface area contributed by atoms with Gasteiger partial charge in [0, 0.05) is 11.1 Å². The molecule has 0 spiro atoms. The monoisotopic (exact) mass is 760 g/mol. The molecule has 276 valence electrons. The molecule has 0 aliphatic carbocycles. The fraction of sp³-hybridized carbons (Fsp3) is 0.119. The third kappa shape index (κ3) is 7.47. The van der Waals surface area contributed by atoms with Crippen LogP contribution in [-0.2, 0) is 15.3 Å². The highest BCUT2D eigenvalue weighted by Crippen LogP contribution is 2.56. The fourth-order valence-corrected chi connectivity index (χ4v) is 7.15. The Bertz CT molecular complexity index is 2340. The van der Waals surface area contributed by atoms with Gasteiger partial charge in [0.1, 0.15) is 23.0 Å². The molecule has 12 heteroatoms. The molecule has 0 aliphatic rings. The van der Waals surface area contributed by atoms with Gasteiger partial charge in [0.25, 0.3) is 0 Å². The maximum atomic E-state index is 14.8. The first-order chi connectivity index (χ1) is 25.5. The third-order valence-corrected chi connectivity index (χ3v) is 10.6. The summed E-state index contributed by atoms with van der Waals surface area (Å²) in [4.78, 5) is 12.8. The van der Waals surface area contributed by atoms with Crippen LogP contribution in [0, 0.1) is 13.8 Å². The van der Waals surface area contributed by atoms with Crippen LogP contribution in [-0.4, -0.2) is 26.6 Å². The number of halogens is 6. The van der Waals surface area contributed by atoms with Gasteiger partial charge in [-0.15, -0.1) is 0 Å². The summed E-state index contributed by atoms with van der Waals surface area (Å²) < 4.78 is 126. The number of hydrogen-bond acceptors (Lipinski definition) is 5. The molecule has 6 rings (SSSR count). The number of rotatable bonds is 10. The van der Waals surface area contributed by atoms with Crippen molar-refractivity contribution in [2.45, 2.75) is 41.4 Å². The van der Waals surface area contributed by atoms with E-state index in [1.54, 1.807) is 36.4 Å². The lowest BCUT2D eigenvalue weighted by Gasteiger charge is -2.38. The van der Waals surface area contributed by atoms with Crippen molar-refractivity contribution in [3.8, 4) is 23.0 Å². The molecule has 0 saturated carbocycles. The number of carbonyl (C=O) groups excluding carboxylic acids is 1. The minimum Gasteiger partial charge on any atom is -0.457 e. The number of ether oxygens (including phenoxy) is 2. The Hall–Kier alpha value is -5.88. The van der Waals surface area contributed by atoms with E-state index in [0.29, 0.717) is 35.4 Å². The van der Waals surface area contributed by atoms with Gasteiger partial charge in [-0.05, 0) is 110 Å². The van der Waals surface area contributed by atoms with Crippen LogP contribution in [0.25, 0.3) is 0 Å². The number of carbonyl (C=O) groups is 1. The second-order valence-corrected chi connectivity index (χ2v) is 14.5. The van der Waals surface area contributed by atoms with E-state index < -0.39 is 38.7 Å². The topological polar surface area (TPSA) is 69.7 Å². The second kappa shape index (κ2) is 14.5. The molecule has 0 saturated heterocycles. The Morgan fingerprint density at radius 1 is 0.444 bits per heavy atom. The van der Waals surface area contributed by atoms with Crippen LogP contribution >= 0.6 is 0 Å². The lowest BCUT2D eigenvalue weighted by Crippen LogP contribution is -2.54. The SMILES string of the molecule is Cc1ccc(C(=O)c2ccc(Oc3ccc(C(c4ccc(Oc5ccc(S(=O)(=O)c6ccc(C)cc6)cc5)cc4)(C(F)(F)F)C(F)(F)F)cc3)cc2)cc1. The van der Waals surface area contributed by atoms with E-state index in [9.17, 15) is 39.6 Å². The highest BCUT2D eigenvalue weighted by Gasteiger charge is 2.72. The first-order valence-corrected chi connectivity index (χ1v) is 17.8. The molecule has 0 bridgehead atoms. The van der Waals surface area contributed by atoms with Gasteiger partial charge < -0.3 is 9.47 Å². The van der Waals surface area contributed by atoms with Gasteiger partial charge in [-0.25, -0.2) is 8.42 Å². The molecule has 0 atom stereocenters. The second-order valence-electron chi connectivity index (χ2n) is 12.5. The van der Waals surface area contributed by atoms with Crippen LogP contribution < -0.4 is 9.47 Å². The molecule has 0 aliphatic heterocycles. The van der Waals surface area contributed by atoms with Crippen molar-refractivity contribution in [1.29, 1.82) is 0 Å². The third-order valence-electron chi connectivity index (χ3n) is 8.79. The molecular weight excluding hydrogens is 731 g/mol. The molecule has 5 nitrogen and oxygen atoms in total. The quantitative estimate of drug-likeness (QED) is 0.103. The molecule has 0 fully saturated rings. The summed E-state index contributed by atoms with van der Waals surface area (Å²) in [6.07, 6.45) is -11.6. The normalized spacial score (nSPS) is 12.3. The first kappa shape index (κ1) is 37.9. The van der Waals surface area contributed by atoms with Crippen molar-refractivity contribution in [2.75, 3.05) is 0 Å². The molecule has 0 radical (unpaired) electrons. The van der Waals surface area contributed by atoms with Crippen LogP contribution in [0.3, 0.4) is 0 Å². The van der Waals surface area contributed by atoms with Gasteiger partial charge in [-0.1, -0.05) is 71.8 Å². The predicted octanol–water partition coefficient (Wildman–Crippen LogP) is 11.4. The zero-order valence-corrected chi connectivity index (χ0v) is 29.4. The van der Waals surface area contributed by atoms with Crippen LogP contribution in [0.15, 0.2) is 155 Å². The molecule has 0 unspecified atom stereocenters. The Kier molecular flexibility index (Phi) is 10.2. The maximum Gasteiger partial charge on any atom is 0.411 e. The summed E-state index contributed by atoms with van der Waals surface area (Å²) in [5.41, 5.74) is -3.90. The average molecular weight is 761 g/mol. The standard InChI is InChI=1S/C42H30F6O5S/c1-27-3-7-29(8-4-27)39(49)30-9-15-33(16-10-30)52-34-17-11-31(12-18-34)40(41(43,44)45,42(46,47)48)32-13-19-35(20-14-32)53-36-21-25-38(26-22-36)54(50,51)37-23-5-28(2)6-24-37/h3-26H,1-2H3. The summed E-state index contributed by atoms with van der Waals surface area (Å²) in [7, 11) is -3.84. The molecule has 0 N–H and O–H groups in total. The van der Waals surface area contributed by atoms with E-state index in [2.05, 4.69) is 0 Å². The van der Waals surface area contributed by atoms with E-state index in [1.807, 2.05) is 13.8 Å². The van der Waals surface area contributed by atoms with Gasteiger partial charge >= 0.3 is 12.4 Å². The number of alkyl halides is 6. The van der Waals surface area contributed by atoms with Gasteiger partial charge in [-0.2, -0.15) is 26.3 Å². The smallest absolute Gasteiger partial charge is 0.411 e. The van der Waals surface area contributed by atoms with Gasteiger partial charge in [0.15, 0.2) is 5.78 Å². The lowest BCUT2D eigenvalue weighted by atomic mass is 9.73. The van der Waals surface area contributed by atoms with Gasteiger partial charge in [0.2, 0.25) is 15.3 Å². The summed E-state index contributed by atoms with van der Waals surface area (Å²) in [5.74, 6) is -0.0367. The summed E-state index contributed by atoms with van der Waals surface area (Å²) in [6, 6.07) is 31.2. The van der Waals surface area contributed by atoms with Crippen LogP contribution in [0.1, 0.15) is 38.2 Å². The highest BCUT2D eigenvalue weighted by atomic mass is 32.2. The minimum atomic E-state index is -5.82. The van der Waals surface area contributed by atoms with Crippen molar-refractivity contribution in [3.05, 3.63) is 179 Å². The van der Waals surface area contributed by atoms with Gasteiger partial charge in [0.05, 0.1) is 9.79 Å². The molecule has 0 aromatic heterocycles. The number of benzene rings is 6. The summed E-state index contributed by atoms with van der Waals surface area (Å²) >= 11 is 0. The molecule has 0 heterocycles. The molecule has 54 heavy (non-hydrogen) atoms. The zero-order valence-electron chi connectivity index (χ0n) is 28.6. The van der Waals surface area contributed by atoms with E-state index >= 15 is 0 Å². The molecular formula is C42H30F6O5S.